The van der Waals surface area contributed by atoms with Crippen LogP contribution >= 0.6 is 15.9 Å². The van der Waals surface area contributed by atoms with Gasteiger partial charge in [-0.3, -0.25) is 9.36 Å². The summed E-state index contributed by atoms with van der Waals surface area (Å²) in [5.74, 6) is 0.526. The van der Waals surface area contributed by atoms with Crippen molar-refractivity contribution < 1.29 is 0 Å². The number of piperazine rings is 1. The molecule has 7 nitrogen and oxygen atoms in total. The molecule has 3 aromatic rings. The summed E-state index contributed by atoms with van der Waals surface area (Å²) in [7, 11) is 0. The van der Waals surface area contributed by atoms with Crippen LogP contribution in [0.1, 0.15) is 44.3 Å². The lowest BCUT2D eigenvalue weighted by Gasteiger charge is -2.35. The lowest BCUT2D eigenvalue weighted by Crippen LogP contribution is -2.46. The Labute approximate surface area is 203 Å². The van der Waals surface area contributed by atoms with Gasteiger partial charge in [0.2, 0.25) is 5.95 Å². The second-order valence-corrected chi connectivity index (χ2v) is 9.92. The van der Waals surface area contributed by atoms with E-state index < -0.39 is 0 Å². The number of fused-ring (bicyclic) bond motifs is 1. The molecule has 0 unspecified atom stereocenters. The predicted molar refractivity (Wildman–Crippen MR) is 138 cm³/mol. The van der Waals surface area contributed by atoms with Crippen LogP contribution in [0.2, 0.25) is 0 Å². The molecule has 2 aliphatic rings. The van der Waals surface area contributed by atoms with Gasteiger partial charge in [0.1, 0.15) is 5.65 Å². The number of hydrogen-bond donors (Lipinski definition) is 1. The van der Waals surface area contributed by atoms with Crippen LogP contribution < -0.4 is 15.8 Å². The van der Waals surface area contributed by atoms with E-state index >= 15 is 0 Å². The molecule has 1 saturated carbocycles. The van der Waals surface area contributed by atoms with E-state index in [0.717, 1.165) is 80.8 Å². The van der Waals surface area contributed by atoms with Crippen molar-refractivity contribution in [2.45, 2.75) is 45.6 Å². The summed E-state index contributed by atoms with van der Waals surface area (Å²) in [6, 6.07) is 10.5. The molecule has 0 radical (unpaired) electrons. The topological polar surface area (TPSA) is 66.3 Å². The molecular weight excluding hydrogens is 480 g/mol. The molecule has 0 amide bonds. The number of halogens is 1. The summed E-state index contributed by atoms with van der Waals surface area (Å²) >= 11 is 3.46. The molecule has 3 heterocycles. The van der Waals surface area contributed by atoms with Gasteiger partial charge in [0.15, 0.2) is 0 Å². The minimum Gasteiger partial charge on any atom is -0.369 e. The summed E-state index contributed by atoms with van der Waals surface area (Å²) in [6.07, 6.45) is 4.34. The first-order valence-corrected chi connectivity index (χ1v) is 12.8. The monoisotopic (exact) mass is 510 g/mol. The quantitative estimate of drug-likeness (QED) is 0.528. The highest BCUT2D eigenvalue weighted by Gasteiger charge is 2.23. The molecule has 1 aliphatic heterocycles. The number of likely N-dealkylation sites (N-methyl/N-ethyl adjacent to an activating group) is 1. The molecule has 1 aromatic carbocycles. The van der Waals surface area contributed by atoms with Crippen LogP contribution in [0.3, 0.4) is 0 Å². The maximum atomic E-state index is 13.0. The summed E-state index contributed by atoms with van der Waals surface area (Å²) in [5.41, 5.74) is 3.75. The van der Waals surface area contributed by atoms with E-state index in [-0.39, 0.29) is 11.6 Å². The Morgan fingerprint density at radius 1 is 1.06 bits per heavy atom. The number of pyridine rings is 1. The Kier molecular flexibility index (Phi) is 6.38. The molecule has 5 rings (SSSR count). The van der Waals surface area contributed by atoms with Gasteiger partial charge in [-0.25, -0.2) is 4.98 Å². The molecule has 8 heteroatoms. The lowest BCUT2D eigenvalue weighted by atomic mass is 10.2. The molecule has 0 atom stereocenters. The highest BCUT2D eigenvalue weighted by molar-refractivity contribution is 9.10. The third-order valence-electron chi connectivity index (χ3n) is 7.04. The largest absolute Gasteiger partial charge is 0.369 e. The molecule has 1 N–H and O–H groups in total. The van der Waals surface area contributed by atoms with Gasteiger partial charge in [-0.2, -0.15) is 4.98 Å². The van der Waals surface area contributed by atoms with Crippen LogP contribution in [0.4, 0.5) is 17.3 Å². The van der Waals surface area contributed by atoms with Gasteiger partial charge < -0.3 is 15.1 Å². The molecule has 1 aliphatic carbocycles. The van der Waals surface area contributed by atoms with E-state index in [9.17, 15) is 4.79 Å². The second-order valence-electron chi connectivity index (χ2n) is 9.07. The van der Waals surface area contributed by atoms with Gasteiger partial charge in [-0.1, -0.05) is 19.8 Å². The van der Waals surface area contributed by atoms with E-state index in [1.54, 1.807) is 0 Å². The van der Waals surface area contributed by atoms with Crippen molar-refractivity contribution in [2.75, 3.05) is 42.9 Å². The minimum absolute atomic E-state index is 0.00836. The molecule has 2 aromatic heterocycles. The van der Waals surface area contributed by atoms with Crippen LogP contribution in [-0.4, -0.2) is 52.2 Å². The maximum Gasteiger partial charge on any atom is 0.266 e. The number of nitrogens with one attached hydrogen (secondary N) is 1. The van der Waals surface area contributed by atoms with Crippen molar-refractivity contribution in [2.24, 2.45) is 0 Å². The standard InChI is InChI=1S/C25H31BrN6O/c1-3-30-12-14-31(15-13-30)19-10-8-18(9-11-19)28-25-27-17(2)21-16-22(26)24(33)32(23(21)29-25)20-6-4-5-7-20/h8-11,16,20H,3-7,12-15H2,1-2H3,(H,27,28,29). The fraction of sp³-hybridized carbons (Fsp3) is 0.480. The smallest absolute Gasteiger partial charge is 0.266 e. The van der Waals surface area contributed by atoms with E-state index in [0.29, 0.717) is 10.4 Å². The fourth-order valence-corrected chi connectivity index (χ4v) is 5.50. The van der Waals surface area contributed by atoms with Crippen LogP contribution in [0.25, 0.3) is 11.0 Å². The van der Waals surface area contributed by atoms with Crippen LogP contribution in [0, 0.1) is 6.92 Å². The zero-order valence-corrected chi connectivity index (χ0v) is 20.9. The first-order chi connectivity index (χ1) is 16.0. The normalized spacial score (nSPS) is 17.7. The average Bonchev–Trinajstić information content (AvgIpc) is 3.36. The molecule has 2 fully saturated rings. The van der Waals surface area contributed by atoms with E-state index in [4.69, 9.17) is 9.97 Å². The second kappa shape index (κ2) is 9.43. The summed E-state index contributed by atoms with van der Waals surface area (Å²) in [5, 5.41) is 4.28. The first-order valence-electron chi connectivity index (χ1n) is 12.0. The molecule has 1 saturated heterocycles. The Morgan fingerprint density at radius 2 is 1.76 bits per heavy atom. The third-order valence-corrected chi connectivity index (χ3v) is 7.60. The SMILES string of the molecule is CCN1CCN(c2ccc(Nc3nc(C)c4cc(Br)c(=O)n(C5CCCC5)c4n3)cc2)CC1. The van der Waals surface area contributed by atoms with Crippen molar-refractivity contribution in [3.63, 3.8) is 0 Å². The van der Waals surface area contributed by atoms with Gasteiger partial charge in [0, 0.05) is 49.0 Å². The number of benzene rings is 1. The number of aromatic nitrogens is 3. The first kappa shape index (κ1) is 22.3. The third kappa shape index (κ3) is 4.51. The van der Waals surface area contributed by atoms with Gasteiger partial charge in [-0.15, -0.1) is 0 Å². The lowest BCUT2D eigenvalue weighted by molar-refractivity contribution is 0.271. The number of anilines is 3. The average molecular weight is 511 g/mol. The summed E-state index contributed by atoms with van der Waals surface area (Å²) < 4.78 is 2.45. The van der Waals surface area contributed by atoms with Crippen molar-refractivity contribution in [1.82, 2.24) is 19.4 Å². The minimum atomic E-state index is -0.00836. The van der Waals surface area contributed by atoms with Gasteiger partial charge in [0.25, 0.3) is 5.56 Å². The highest BCUT2D eigenvalue weighted by atomic mass is 79.9. The van der Waals surface area contributed by atoms with Crippen LogP contribution in [0.5, 0.6) is 0 Å². The maximum absolute atomic E-state index is 13.0. The number of nitrogens with zero attached hydrogens (tertiary/aromatic N) is 5. The van der Waals surface area contributed by atoms with E-state index in [1.165, 1.54) is 5.69 Å². The van der Waals surface area contributed by atoms with Gasteiger partial charge >= 0.3 is 0 Å². The Morgan fingerprint density at radius 3 is 2.42 bits per heavy atom. The van der Waals surface area contributed by atoms with Gasteiger partial charge in [0.05, 0.1) is 10.2 Å². The highest BCUT2D eigenvalue weighted by Crippen LogP contribution is 2.32. The fourth-order valence-electron chi connectivity index (χ4n) is 5.08. The van der Waals surface area contributed by atoms with Crippen molar-refractivity contribution in [3.8, 4) is 0 Å². The predicted octanol–water partition coefficient (Wildman–Crippen LogP) is 4.86. The van der Waals surface area contributed by atoms with Crippen molar-refractivity contribution in [1.29, 1.82) is 0 Å². The summed E-state index contributed by atoms with van der Waals surface area (Å²) in [6.45, 7) is 9.65. The van der Waals surface area contributed by atoms with Gasteiger partial charge in [-0.05, 0) is 72.6 Å². The molecule has 33 heavy (non-hydrogen) atoms. The van der Waals surface area contributed by atoms with E-state index in [1.807, 2.05) is 17.6 Å². The molecular formula is C25H31BrN6O. The molecule has 174 valence electrons. The Balaban J connectivity index is 1.42. The van der Waals surface area contributed by atoms with Crippen LogP contribution in [0.15, 0.2) is 39.6 Å². The number of hydrogen-bond acceptors (Lipinski definition) is 6. The van der Waals surface area contributed by atoms with E-state index in [2.05, 4.69) is 62.2 Å². The van der Waals surface area contributed by atoms with Crippen molar-refractivity contribution >= 4 is 44.3 Å². The molecule has 0 bridgehead atoms. The summed E-state index contributed by atoms with van der Waals surface area (Å²) in [4.78, 5) is 27.4. The number of aryl methyl sites for hydroxylation is 1. The van der Waals surface area contributed by atoms with Crippen molar-refractivity contribution in [3.05, 3.63) is 50.9 Å². The zero-order valence-electron chi connectivity index (χ0n) is 19.4. The molecule has 0 spiro atoms. The van der Waals surface area contributed by atoms with Crippen LogP contribution in [-0.2, 0) is 0 Å². The number of rotatable bonds is 5. The Bertz CT molecular complexity index is 1190. The zero-order chi connectivity index (χ0) is 22.9. The Hall–Kier alpha value is -2.45.